The van der Waals surface area contributed by atoms with Gasteiger partial charge in [-0.05, 0) is 56.4 Å². The number of aliphatic hydroxyl groups is 2. The minimum atomic E-state index is -0.455. The van der Waals surface area contributed by atoms with Crippen LogP contribution in [0.4, 0.5) is 0 Å². The topological polar surface area (TPSA) is 66.8 Å². The van der Waals surface area contributed by atoms with Crippen molar-refractivity contribution in [3.63, 3.8) is 0 Å². The molecule has 1 fully saturated rings. The van der Waals surface area contributed by atoms with Crippen LogP contribution in [0.1, 0.15) is 56.9 Å². The summed E-state index contributed by atoms with van der Waals surface area (Å²) in [7, 11) is 0. The van der Waals surface area contributed by atoms with E-state index in [1.165, 1.54) is 5.56 Å². The quantitative estimate of drug-likeness (QED) is 0.589. The van der Waals surface area contributed by atoms with Crippen molar-refractivity contribution in [3.8, 4) is 0 Å². The van der Waals surface area contributed by atoms with Gasteiger partial charge in [-0.2, -0.15) is 0 Å². The Kier molecular flexibility index (Phi) is 7.48. The Labute approximate surface area is 162 Å². The zero-order chi connectivity index (χ0) is 19.1. The van der Waals surface area contributed by atoms with Gasteiger partial charge in [-0.3, -0.25) is 4.79 Å². The van der Waals surface area contributed by atoms with Gasteiger partial charge in [0.2, 0.25) is 0 Å². The standard InChI is InChI=1S/C23H32O4/c24-18(13-12-17-8-4-3-5-9-17)14-15-19-20-10-6-1-2-7-11-23(26)27-22(20)16-21(19)25/h1,3-6,8-9,18-22,24-25H,2,7,10-16H2/t18?,19-,20-,21-,22+/m1/s1. The van der Waals surface area contributed by atoms with Gasteiger partial charge >= 0.3 is 5.97 Å². The van der Waals surface area contributed by atoms with E-state index in [0.29, 0.717) is 19.3 Å². The predicted octanol–water partition coefficient (Wildman–Crippen LogP) is 3.80. The van der Waals surface area contributed by atoms with E-state index in [1.54, 1.807) is 0 Å². The smallest absolute Gasteiger partial charge is 0.306 e. The van der Waals surface area contributed by atoms with Crippen molar-refractivity contribution in [3.05, 3.63) is 48.0 Å². The highest BCUT2D eigenvalue weighted by molar-refractivity contribution is 5.69. The first kappa shape index (κ1) is 20.1. The van der Waals surface area contributed by atoms with Crippen LogP contribution < -0.4 is 0 Å². The molecule has 4 nitrogen and oxygen atoms in total. The molecule has 5 atom stereocenters. The molecule has 0 amide bonds. The van der Waals surface area contributed by atoms with Crippen LogP contribution >= 0.6 is 0 Å². The van der Waals surface area contributed by atoms with Crippen molar-refractivity contribution in [2.24, 2.45) is 11.8 Å². The highest BCUT2D eigenvalue weighted by Crippen LogP contribution is 2.40. The van der Waals surface area contributed by atoms with Crippen LogP contribution in [0.25, 0.3) is 0 Å². The van der Waals surface area contributed by atoms with E-state index >= 15 is 0 Å². The molecule has 3 rings (SSSR count). The highest BCUT2D eigenvalue weighted by atomic mass is 16.5. The van der Waals surface area contributed by atoms with Gasteiger partial charge in [0, 0.05) is 18.8 Å². The van der Waals surface area contributed by atoms with Gasteiger partial charge in [-0.1, -0.05) is 42.5 Å². The number of aryl methyl sites for hydroxylation is 1. The van der Waals surface area contributed by atoms with Crippen molar-refractivity contribution in [2.45, 2.75) is 76.1 Å². The fourth-order valence-corrected chi connectivity index (χ4v) is 4.49. The maximum absolute atomic E-state index is 12.0. The Balaban J connectivity index is 1.53. The van der Waals surface area contributed by atoms with Crippen molar-refractivity contribution in [2.75, 3.05) is 0 Å². The second-order valence-electron chi connectivity index (χ2n) is 8.01. The molecule has 27 heavy (non-hydrogen) atoms. The number of ether oxygens (including phenoxy) is 1. The first-order valence-electron chi connectivity index (χ1n) is 10.4. The summed E-state index contributed by atoms with van der Waals surface area (Å²) in [5.74, 6) is 0.0916. The van der Waals surface area contributed by atoms with Crippen molar-refractivity contribution >= 4 is 5.97 Å². The summed E-state index contributed by atoms with van der Waals surface area (Å²) >= 11 is 0. The molecule has 1 saturated carbocycles. The molecule has 0 spiro atoms. The number of rotatable bonds is 6. The monoisotopic (exact) mass is 372 g/mol. The van der Waals surface area contributed by atoms with E-state index in [0.717, 1.165) is 38.5 Å². The molecule has 2 aliphatic rings. The maximum Gasteiger partial charge on any atom is 0.306 e. The summed E-state index contributed by atoms with van der Waals surface area (Å²) in [5, 5.41) is 21.0. The third-order valence-electron chi connectivity index (χ3n) is 6.05. The third kappa shape index (κ3) is 5.91. The summed E-state index contributed by atoms with van der Waals surface area (Å²) in [4.78, 5) is 12.0. The molecule has 1 heterocycles. The average molecular weight is 373 g/mol. The molecule has 0 aromatic heterocycles. The maximum atomic E-state index is 12.0. The van der Waals surface area contributed by atoms with E-state index in [4.69, 9.17) is 4.74 Å². The predicted molar refractivity (Wildman–Crippen MR) is 105 cm³/mol. The summed E-state index contributed by atoms with van der Waals surface area (Å²) in [6.07, 6.45) is 9.88. The number of carbonyl (C=O) groups excluding carboxylic acids is 1. The third-order valence-corrected chi connectivity index (χ3v) is 6.05. The van der Waals surface area contributed by atoms with Gasteiger partial charge in [-0.25, -0.2) is 0 Å². The van der Waals surface area contributed by atoms with E-state index in [1.807, 2.05) is 18.2 Å². The number of esters is 1. The SMILES string of the molecule is O=C1CCCC=CC[C@@H]2[C@@H](CCC(O)CCc3ccccc3)[C@H](O)C[C@@H]2O1. The summed E-state index contributed by atoms with van der Waals surface area (Å²) in [6.45, 7) is 0. The number of aliphatic hydroxyl groups excluding tert-OH is 2. The fourth-order valence-electron chi connectivity index (χ4n) is 4.49. The molecule has 1 aromatic carbocycles. The lowest BCUT2D eigenvalue weighted by atomic mass is 9.85. The molecule has 1 aliphatic carbocycles. The number of benzene rings is 1. The van der Waals surface area contributed by atoms with Crippen LogP contribution in [0.5, 0.6) is 0 Å². The molecule has 1 aliphatic heterocycles. The van der Waals surface area contributed by atoms with Gasteiger partial charge in [0.15, 0.2) is 0 Å². The second-order valence-corrected chi connectivity index (χ2v) is 8.01. The lowest BCUT2D eigenvalue weighted by Crippen LogP contribution is -2.26. The lowest BCUT2D eigenvalue weighted by Gasteiger charge is -2.26. The van der Waals surface area contributed by atoms with Gasteiger partial charge in [0.1, 0.15) is 6.10 Å². The average Bonchev–Trinajstić information content (AvgIpc) is 2.96. The molecule has 0 saturated heterocycles. The van der Waals surface area contributed by atoms with Crippen LogP contribution in [-0.4, -0.2) is 34.5 Å². The Bertz CT molecular complexity index is 612. The minimum Gasteiger partial charge on any atom is -0.462 e. The van der Waals surface area contributed by atoms with Crippen LogP contribution in [-0.2, 0) is 16.0 Å². The van der Waals surface area contributed by atoms with Gasteiger partial charge in [-0.15, -0.1) is 0 Å². The molecule has 148 valence electrons. The number of carbonyl (C=O) groups is 1. The van der Waals surface area contributed by atoms with Crippen LogP contribution in [0.3, 0.4) is 0 Å². The number of hydrogen-bond acceptors (Lipinski definition) is 4. The molecular formula is C23H32O4. The van der Waals surface area contributed by atoms with E-state index in [9.17, 15) is 15.0 Å². The molecule has 4 heteroatoms. The van der Waals surface area contributed by atoms with Gasteiger partial charge in [0.25, 0.3) is 0 Å². The van der Waals surface area contributed by atoms with E-state index < -0.39 is 6.10 Å². The molecule has 1 aromatic rings. The van der Waals surface area contributed by atoms with Crippen LogP contribution in [0.15, 0.2) is 42.5 Å². The van der Waals surface area contributed by atoms with Crippen molar-refractivity contribution in [1.82, 2.24) is 0 Å². The number of hydrogen-bond donors (Lipinski definition) is 2. The zero-order valence-corrected chi connectivity index (χ0v) is 16.0. The summed E-state index contributed by atoms with van der Waals surface area (Å²) in [5.41, 5.74) is 1.24. The largest absolute Gasteiger partial charge is 0.462 e. The summed E-state index contributed by atoms with van der Waals surface area (Å²) in [6, 6.07) is 10.2. The number of fused-ring (bicyclic) bond motifs is 1. The summed E-state index contributed by atoms with van der Waals surface area (Å²) < 4.78 is 5.67. The van der Waals surface area contributed by atoms with E-state index in [2.05, 4.69) is 24.3 Å². The normalized spacial score (nSPS) is 29.8. The first-order valence-corrected chi connectivity index (χ1v) is 10.4. The van der Waals surface area contributed by atoms with Gasteiger partial charge in [0.05, 0.1) is 12.2 Å². The molecule has 2 N–H and O–H groups in total. The Hall–Kier alpha value is -1.65. The first-order chi connectivity index (χ1) is 13.1. The molecule has 1 unspecified atom stereocenters. The van der Waals surface area contributed by atoms with Gasteiger partial charge < -0.3 is 14.9 Å². The van der Waals surface area contributed by atoms with Crippen LogP contribution in [0.2, 0.25) is 0 Å². The zero-order valence-electron chi connectivity index (χ0n) is 16.0. The Morgan fingerprint density at radius 3 is 2.78 bits per heavy atom. The Morgan fingerprint density at radius 2 is 1.96 bits per heavy atom. The lowest BCUT2D eigenvalue weighted by molar-refractivity contribution is -0.151. The molecule has 0 radical (unpaired) electrons. The van der Waals surface area contributed by atoms with Crippen molar-refractivity contribution < 1.29 is 19.7 Å². The highest BCUT2D eigenvalue weighted by Gasteiger charge is 2.43. The molecule has 0 bridgehead atoms. The van der Waals surface area contributed by atoms with Crippen molar-refractivity contribution in [1.29, 1.82) is 0 Å². The van der Waals surface area contributed by atoms with Crippen LogP contribution in [0, 0.1) is 11.8 Å². The van der Waals surface area contributed by atoms with E-state index in [-0.39, 0.29) is 30.0 Å². The second kappa shape index (κ2) is 10.0. The Morgan fingerprint density at radius 1 is 1.15 bits per heavy atom. The molecular weight excluding hydrogens is 340 g/mol. The number of allylic oxidation sites excluding steroid dienone is 2. The fraction of sp³-hybridized carbons (Fsp3) is 0.609. The minimum absolute atomic E-state index is 0.0817.